The zero-order chi connectivity index (χ0) is 25.0. The molecule has 0 spiro atoms. The number of nitrogens with zero attached hydrogens (tertiary/aromatic N) is 3. The average molecular weight is 510 g/mol. The smallest absolute Gasteiger partial charge is 0.327 e. The Bertz CT molecular complexity index is 1620. The molecule has 182 valence electrons. The summed E-state index contributed by atoms with van der Waals surface area (Å²) >= 11 is 1.03. The number of anilines is 1. The fraction of sp³-hybridized carbons (Fsp3) is 0.167. The summed E-state index contributed by atoms with van der Waals surface area (Å²) in [5.41, 5.74) is 10.7. The number of H-pyrrole nitrogens is 2. The molecule has 0 fully saturated rings. The topological polar surface area (TPSA) is 125 Å². The number of hydrogen-bond acceptors (Lipinski definition) is 6. The van der Waals surface area contributed by atoms with E-state index in [2.05, 4.69) is 37.7 Å². The Morgan fingerprint density at radius 1 is 1.11 bits per heavy atom. The summed E-state index contributed by atoms with van der Waals surface area (Å²) in [6, 6.07) is 10.9. The van der Waals surface area contributed by atoms with E-state index in [4.69, 9.17) is 5.73 Å². The second-order valence-corrected chi connectivity index (χ2v) is 9.52. The molecular weight excluding hydrogens is 491 g/mol. The van der Waals surface area contributed by atoms with E-state index in [0.29, 0.717) is 5.69 Å². The van der Waals surface area contributed by atoms with Crippen molar-refractivity contribution in [2.45, 2.75) is 25.1 Å². The van der Waals surface area contributed by atoms with E-state index < -0.39 is 17.8 Å². The lowest BCUT2D eigenvalue weighted by Gasteiger charge is -2.13. The molecule has 0 saturated heterocycles. The molecule has 1 aliphatic rings. The van der Waals surface area contributed by atoms with Crippen LogP contribution >= 0.6 is 11.3 Å². The highest BCUT2D eigenvalue weighted by Gasteiger charge is 2.33. The maximum Gasteiger partial charge on any atom is 0.432 e. The van der Waals surface area contributed by atoms with Crippen molar-refractivity contribution < 1.29 is 18.0 Å². The Hall–Kier alpha value is -4.03. The van der Waals surface area contributed by atoms with Crippen LogP contribution in [0.25, 0.3) is 32.7 Å². The van der Waals surface area contributed by atoms with Gasteiger partial charge in [-0.1, -0.05) is 18.2 Å². The fourth-order valence-corrected chi connectivity index (χ4v) is 5.17. The van der Waals surface area contributed by atoms with Crippen LogP contribution in [0, 0.1) is 0 Å². The number of carbonyl (C=O) groups is 1. The molecule has 0 saturated carbocycles. The predicted octanol–water partition coefficient (Wildman–Crippen LogP) is 4.77. The third-order valence-electron chi connectivity index (χ3n) is 6.15. The van der Waals surface area contributed by atoms with Crippen LogP contribution in [0.1, 0.15) is 27.3 Å². The van der Waals surface area contributed by atoms with E-state index >= 15 is 0 Å². The van der Waals surface area contributed by atoms with Gasteiger partial charge in [-0.2, -0.15) is 23.4 Å². The summed E-state index contributed by atoms with van der Waals surface area (Å²) in [7, 11) is 0. The first-order chi connectivity index (χ1) is 17.2. The molecule has 1 aliphatic carbocycles. The van der Waals surface area contributed by atoms with E-state index in [9.17, 15) is 18.0 Å². The molecule has 1 unspecified atom stereocenters. The third kappa shape index (κ3) is 4.03. The highest BCUT2D eigenvalue weighted by Crippen LogP contribution is 2.36. The van der Waals surface area contributed by atoms with Crippen molar-refractivity contribution in [2.24, 2.45) is 5.73 Å². The molecule has 5 N–H and O–H groups in total. The number of carbonyl (C=O) groups excluding carboxylic acids is 1. The van der Waals surface area contributed by atoms with Gasteiger partial charge in [0.15, 0.2) is 0 Å². The molecule has 0 radical (unpaired) electrons. The minimum atomic E-state index is -4.55. The number of rotatable bonds is 4. The molecule has 12 heteroatoms. The van der Waals surface area contributed by atoms with Gasteiger partial charge in [-0.25, -0.2) is 4.98 Å². The van der Waals surface area contributed by atoms with Crippen LogP contribution < -0.4 is 11.1 Å². The molecular formula is C24H18F3N7OS. The molecule has 5 aromatic rings. The predicted molar refractivity (Wildman–Crippen MR) is 130 cm³/mol. The molecule has 1 atom stereocenters. The SMILES string of the molecule is NC1Cc2ccc(-c3cc4cn[nH]c4cc3NC(=O)c3csc(-c4cc(C(F)(F)F)[nH]n4)n3)cc2C1. The first-order valence-corrected chi connectivity index (χ1v) is 11.9. The maximum absolute atomic E-state index is 13.1. The monoisotopic (exact) mass is 509 g/mol. The fourth-order valence-electron chi connectivity index (χ4n) is 4.41. The highest BCUT2D eigenvalue weighted by molar-refractivity contribution is 7.13. The number of hydrogen-bond donors (Lipinski definition) is 4. The van der Waals surface area contributed by atoms with Crippen LogP contribution in [-0.2, 0) is 19.0 Å². The Morgan fingerprint density at radius 3 is 2.75 bits per heavy atom. The quantitative estimate of drug-likeness (QED) is 0.278. The van der Waals surface area contributed by atoms with Crippen LogP contribution in [0.5, 0.6) is 0 Å². The zero-order valence-corrected chi connectivity index (χ0v) is 19.3. The number of amides is 1. The van der Waals surface area contributed by atoms with E-state index in [1.807, 2.05) is 17.2 Å². The largest absolute Gasteiger partial charge is 0.432 e. The maximum atomic E-state index is 13.1. The number of fused-ring (bicyclic) bond motifs is 2. The minimum Gasteiger partial charge on any atom is -0.327 e. The first kappa shape index (κ1) is 22.4. The van der Waals surface area contributed by atoms with Gasteiger partial charge in [0.2, 0.25) is 0 Å². The van der Waals surface area contributed by atoms with Crippen molar-refractivity contribution in [3.05, 3.63) is 70.5 Å². The lowest BCUT2D eigenvalue weighted by molar-refractivity contribution is -0.141. The number of alkyl halides is 3. The summed E-state index contributed by atoms with van der Waals surface area (Å²) in [6.45, 7) is 0. The van der Waals surface area contributed by atoms with Crippen LogP contribution in [-0.4, -0.2) is 37.3 Å². The van der Waals surface area contributed by atoms with Crippen molar-refractivity contribution in [3.63, 3.8) is 0 Å². The standard InChI is InChI=1S/C24H18F3N7OS/c25-24(26,27)21-8-19(33-34-21)23-31-20(10-36-23)22(35)30-18-7-17-14(9-29-32-17)6-16(18)12-2-1-11-4-15(28)5-13(11)3-12/h1-3,6-10,15H,4-5,28H2,(H,29,32)(H,30,35)(H,33,34). The minimum absolute atomic E-state index is 0.0160. The van der Waals surface area contributed by atoms with E-state index in [1.165, 1.54) is 16.5 Å². The van der Waals surface area contributed by atoms with E-state index in [0.717, 1.165) is 52.3 Å². The van der Waals surface area contributed by atoms with Gasteiger partial charge < -0.3 is 11.1 Å². The molecule has 3 aromatic heterocycles. The van der Waals surface area contributed by atoms with Crippen LogP contribution in [0.15, 0.2) is 48.0 Å². The number of thiazole rings is 1. The second kappa shape index (κ2) is 8.28. The number of benzene rings is 2. The summed E-state index contributed by atoms with van der Waals surface area (Å²) in [5.74, 6) is -0.493. The number of aromatic nitrogens is 5. The molecule has 0 bridgehead atoms. The van der Waals surface area contributed by atoms with Crippen molar-refractivity contribution in [2.75, 3.05) is 5.32 Å². The highest BCUT2D eigenvalue weighted by atomic mass is 32.1. The molecule has 2 aromatic carbocycles. The molecule has 0 aliphatic heterocycles. The van der Waals surface area contributed by atoms with Crippen molar-refractivity contribution >= 4 is 33.8 Å². The van der Waals surface area contributed by atoms with Gasteiger partial charge in [0.1, 0.15) is 22.1 Å². The lowest BCUT2D eigenvalue weighted by Crippen LogP contribution is -2.18. The number of nitrogens with one attached hydrogen (secondary N) is 3. The number of halogens is 3. The second-order valence-electron chi connectivity index (χ2n) is 8.66. The molecule has 8 nitrogen and oxygen atoms in total. The normalized spacial score (nSPS) is 15.4. The Kier molecular flexibility index (Phi) is 5.16. The van der Waals surface area contributed by atoms with Crippen LogP contribution in [0.4, 0.5) is 18.9 Å². The van der Waals surface area contributed by atoms with Gasteiger partial charge in [0.05, 0.1) is 17.4 Å². The molecule has 6 rings (SSSR count). The summed E-state index contributed by atoms with van der Waals surface area (Å²) < 4.78 is 38.7. The van der Waals surface area contributed by atoms with Gasteiger partial charge in [-0.05, 0) is 47.7 Å². The van der Waals surface area contributed by atoms with Crippen molar-refractivity contribution in [3.8, 4) is 21.8 Å². The van der Waals surface area contributed by atoms with Gasteiger partial charge in [-0.3, -0.25) is 15.0 Å². The number of aromatic amines is 2. The molecule has 36 heavy (non-hydrogen) atoms. The molecule has 3 heterocycles. The summed E-state index contributed by atoms with van der Waals surface area (Å²) in [5, 5.41) is 18.1. The van der Waals surface area contributed by atoms with Crippen LogP contribution in [0.3, 0.4) is 0 Å². The van der Waals surface area contributed by atoms with E-state index in [1.54, 1.807) is 12.3 Å². The van der Waals surface area contributed by atoms with Crippen molar-refractivity contribution in [1.29, 1.82) is 0 Å². The van der Waals surface area contributed by atoms with Crippen LogP contribution in [0.2, 0.25) is 0 Å². The van der Waals surface area contributed by atoms with E-state index in [-0.39, 0.29) is 22.4 Å². The number of nitrogens with two attached hydrogens (primary N) is 1. The van der Waals surface area contributed by atoms with Gasteiger partial charge in [-0.15, -0.1) is 11.3 Å². The van der Waals surface area contributed by atoms with Gasteiger partial charge >= 0.3 is 6.18 Å². The lowest BCUT2D eigenvalue weighted by atomic mass is 9.98. The zero-order valence-electron chi connectivity index (χ0n) is 18.5. The Morgan fingerprint density at radius 2 is 1.94 bits per heavy atom. The average Bonchev–Trinajstić information content (AvgIpc) is 3.62. The van der Waals surface area contributed by atoms with Gasteiger partial charge in [0, 0.05) is 22.4 Å². The Labute approximate surface area is 205 Å². The van der Waals surface area contributed by atoms with Crippen molar-refractivity contribution in [1.82, 2.24) is 25.4 Å². The van der Waals surface area contributed by atoms with Gasteiger partial charge in [0.25, 0.3) is 5.91 Å². The Balaban J connectivity index is 1.32. The summed E-state index contributed by atoms with van der Waals surface area (Å²) in [6.07, 6.45) is -1.21. The summed E-state index contributed by atoms with van der Waals surface area (Å²) in [4.78, 5) is 17.3. The molecule has 1 amide bonds. The third-order valence-corrected chi connectivity index (χ3v) is 7.01. The first-order valence-electron chi connectivity index (χ1n) is 11.0.